The molecule has 0 bridgehead atoms. The molecule has 1 aliphatic carbocycles. The Labute approximate surface area is 220 Å². The first-order chi connectivity index (χ1) is 17.6. The third kappa shape index (κ3) is 6.36. The molecule has 0 unspecified atom stereocenters. The van der Waals surface area contributed by atoms with Gasteiger partial charge in [0.05, 0.1) is 23.5 Å². The van der Waals surface area contributed by atoms with Gasteiger partial charge in [-0.05, 0) is 62.3 Å². The number of halogens is 1. The summed E-state index contributed by atoms with van der Waals surface area (Å²) < 4.78 is 6.08. The highest BCUT2D eigenvalue weighted by molar-refractivity contribution is 7.15. The second-order valence-corrected chi connectivity index (χ2v) is 10.7. The number of benzene rings is 1. The van der Waals surface area contributed by atoms with Crippen molar-refractivity contribution in [3.8, 4) is 28.5 Å². The minimum atomic E-state index is 0.534. The first kappa shape index (κ1) is 24.6. The minimum absolute atomic E-state index is 0.534. The van der Waals surface area contributed by atoms with Gasteiger partial charge in [-0.1, -0.05) is 30.9 Å². The molecule has 0 radical (unpaired) electrons. The Morgan fingerprint density at radius 1 is 0.972 bits per heavy atom. The molecule has 36 heavy (non-hydrogen) atoms. The third-order valence-corrected chi connectivity index (χ3v) is 7.62. The molecule has 0 aliphatic heterocycles. The molecule has 4 aromatic rings. The second kappa shape index (κ2) is 11.8. The van der Waals surface area contributed by atoms with Crippen molar-refractivity contribution >= 4 is 28.1 Å². The Balaban J connectivity index is 1.36. The zero-order valence-corrected chi connectivity index (χ0v) is 21.6. The fraction of sp³-hybridized carbons (Fsp3) is 0.370. The predicted molar refractivity (Wildman–Crippen MR) is 144 cm³/mol. The maximum atomic E-state index is 6.74. The molecule has 3 aromatic heterocycles. The van der Waals surface area contributed by atoms with Crippen LogP contribution in [0, 0.1) is 5.92 Å². The van der Waals surface area contributed by atoms with Crippen molar-refractivity contribution in [3.63, 3.8) is 0 Å². The van der Waals surface area contributed by atoms with Crippen LogP contribution in [0.3, 0.4) is 0 Å². The fourth-order valence-electron chi connectivity index (χ4n) is 4.54. The average Bonchev–Trinajstić information content (AvgIpc) is 3.33. The van der Waals surface area contributed by atoms with E-state index in [4.69, 9.17) is 32.0 Å². The van der Waals surface area contributed by atoms with E-state index in [1.165, 1.54) is 48.3 Å². The molecule has 1 aromatic carbocycles. The van der Waals surface area contributed by atoms with Crippen molar-refractivity contribution in [3.05, 3.63) is 64.6 Å². The molecule has 0 saturated heterocycles. The highest BCUT2D eigenvalue weighted by Gasteiger charge is 2.16. The van der Waals surface area contributed by atoms with Crippen LogP contribution in [-0.2, 0) is 12.8 Å². The van der Waals surface area contributed by atoms with E-state index in [-0.39, 0.29) is 0 Å². The predicted octanol–water partition coefficient (Wildman–Crippen LogP) is 6.43. The van der Waals surface area contributed by atoms with Crippen LogP contribution in [0.5, 0.6) is 5.75 Å². The van der Waals surface area contributed by atoms with Gasteiger partial charge in [-0.15, -0.1) is 11.3 Å². The molecule has 0 atom stereocenters. The summed E-state index contributed by atoms with van der Waals surface area (Å²) in [7, 11) is 0. The van der Waals surface area contributed by atoms with E-state index < -0.39 is 0 Å². The Bertz CT molecular complexity index is 1290. The number of nitrogens with two attached hydrogens (primary N) is 1. The van der Waals surface area contributed by atoms with Gasteiger partial charge in [-0.25, -0.2) is 19.9 Å². The van der Waals surface area contributed by atoms with Crippen LogP contribution in [0.2, 0.25) is 5.02 Å². The van der Waals surface area contributed by atoms with Crippen molar-refractivity contribution in [1.82, 2.24) is 24.9 Å². The number of nitrogens with zero attached hydrogens (tertiary/aromatic N) is 5. The molecular weight excluding hydrogens is 492 g/mol. The number of aromatic nitrogens is 5. The number of hydrogen-bond donors (Lipinski definition) is 1. The molecule has 7 nitrogen and oxygen atoms in total. The normalized spacial score (nSPS) is 14.1. The lowest BCUT2D eigenvalue weighted by Crippen LogP contribution is -2.15. The summed E-state index contributed by atoms with van der Waals surface area (Å²) in [5.74, 6) is 1.96. The van der Waals surface area contributed by atoms with Crippen molar-refractivity contribution in [2.24, 2.45) is 5.92 Å². The van der Waals surface area contributed by atoms with Gasteiger partial charge in [0.2, 0.25) is 0 Å². The van der Waals surface area contributed by atoms with Gasteiger partial charge in [0.25, 0.3) is 0 Å². The van der Waals surface area contributed by atoms with Gasteiger partial charge in [0.15, 0.2) is 11.0 Å². The van der Waals surface area contributed by atoms with Crippen LogP contribution in [0.25, 0.3) is 22.8 Å². The number of anilines is 1. The highest BCUT2D eigenvalue weighted by Crippen LogP contribution is 2.32. The van der Waals surface area contributed by atoms with Crippen molar-refractivity contribution in [2.75, 3.05) is 12.3 Å². The lowest BCUT2D eigenvalue weighted by Gasteiger charge is -2.21. The van der Waals surface area contributed by atoms with Crippen LogP contribution in [0.1, 0.15) is 49.1 Å². The zero-order valence-electron chi connectivity index (χ0n) is 20.1. The third-order valence-electron chi connectivity index (χ3n) is 6.43. The number of nitrogen functional groups attached to an aromatic ring is 1. The van der Waals surface area contributed by atoms with Crippen LogP contribution in [-0.4, -0.2) is 31.5 Å². The molecule has 186 valence electrons. The number of rotatable bonds is 9. The number of thiazole rings is 1. The van der Waals surface area contributed by atoms with Gasteiger partial charge < -0.3 is 10.5 Å². The van der Waals surface area contributed by atoms with Crippen LogP contribution < -0.4 is 10.5 Å². The minimum Gasteiger partial charge on any atom is -0.493 e. The smallest absolute Gasteiger partial charge is 0.180 e. The largest absolute Gasteiger partial charge is 0.493 e. The zero-order chi connectivity index (χ0) is 24.7. The Kier molecular flexibility index (Phi) is 8.03. The first-order valence-electron chi connectivity index (χ1n) is 12.4. The quantitative estimate of drug-likeness (QED) is 0.271. The second-order valence-electron chi connectivity index (χ2n) is 9.13. The lowest BCUT2D eigenvalue weighted by molar-refractivity contribution is 0.209. The van der Waals surface area contributed by atoms with Crippen molar-refractivity contribution < 1.29 is 4.74 Å². The molecule has 5 rings (SSSR count). The fourth-order valence-corrected chi connectivity index (χ4v) is 5.53. The van der Waals surface area contributed by atoms with Crippen molar-refractivity contribution in [2.45, 2.75) is 51.4 Å². The molecule has 3 heterocycles. The van der Waals surface area contributed by atoms with E-state index >= 15 is 0 Å². The summed E-state index contributed by atoms with van der Waals surface area (Å²) in [5.41, 5.74) is 8.91. The molecule has 0 spiro atoms. The topological polar surface area (TPSA) is 99.7 Å². The molecule has 2 N–H and O–H groups in total. The first-order valence-corrected chi connectivity index (χ1v) is 13.6. The van der Waals surface area contributed by atoms with E-state index in [0.717, 1.165) is 48.6 Å². The van der Waals surface area contributed by atoms with Gasteiger partial charge >= 0.3 is 0 Å². The van der Waals surface area contributed by atoms with Gasteiger partial charge in [0, 0.05) is 34.7 Å². The van der Waals surface area contributed by atoms with E-state index in [2.05, 4.69) is 15.0 Å². The monoisotopic (exact) mass is 520 g/mol. The summed E-state index contributed by atoms with van der Waals surface area (Å²) >= 11 is 8.26. The van der Waals surface area contributed by atoms with Gasteiger partial charge in [0.1, 0.15) is 11.4 Å². The number of hydrogen-bond acceptors (Lipinski definition) is 8. The van der Waals surface area contributed by atoms with Crippen molar-refractivity contribution in [1.29, 1.82) is 0 Å². The van der Waals surface area contributed by atoms with E-state index in [1.807, 2.05) is 30.5 Å². The van der Waals surface area contributed by atoms with E-state index in [0.29, 0.717) is 27.6 Å². The standard InChI is InChI=1S/C27H29ClN6OS/c28-23-14-20(35-17-18-5-2-1-3-6-18)9-10-22(23)24-13-19(7-4-8-21-15-32-27(29)36-21)33-26(34-24)25-16-30-11-12-31-25/h9-16,18H,1-8,17H2,(H2,29,32). The van der Waals surface area contributed by atoms with Crippen LogP contribution in [0.4, 0.5) is 5.13 Å². The Morgan fingerprint density at radius 2 is 1.86 bits per heavy atom. The summed E-state index contributed by atoms with van der Waals surface area (Å²) in [6.45, 7) is 0.746. The summed E-state index contributed by atoms with van der Waals surface area (Å²) in [5, 5.41) is 1.20. The van der Waals surface area contributed by atoms with Crippen LogP contribution >= 0.6 is 22.9 Å². The summed E-state index contributed by atoms with van der Waals surface area (Å²) in [6.07, 6.45) is 15.8. The highest BCUT2D eigenvalue weighted by atomic mass is 35.5. The Morgan fingerprint density at radius 3 is 2.61 bits per heavy atom. The van der Waals surface area contributed by atoms with Crippen LogP contribution in [0.15, 0.2) is 49.1 Å². The summed E-state index contributed by atoms with van der Waals surface area (Å²) in [4.78, 5) is 23.5. The van der Waals surface area contributed by atoms with E-state index in [1.54, 1.807) is 18.6 Å². The molecule has 1 aliphatic rings. The number of aryl methyl sites for hydroxylation is 2. The number of ether oxygens (including phenoxy) is 1. The van der Waals surface area contributed by atoms with Gasteiger partial charge in [-0.2, -0.15) is 0 Å². The maximum Gasteiger partial charge on any atom is 0.180 e. The van der Waals surface area contributed by atoms with E-state index in [9.17, 15) is 0 Å². The molecule has 1 saturated carbocycles. The Hall–Kier alpha value is -3.10. The van der Waals surface area contributed by atoms with Gasteiger partial charge in [-0.3, -0.25) is 4.98 Å². The average molecular weight is 521 g/mol. The molecular formula is C27H29ClN6OS. The molecule has 1 fully saturated rings. The summed E-state index contributed by atoms with van der Waals surface area (Å²) in [6, 6.07) is 7.84. The molecule has 0 amide bonds. The lowest BCUT2D eigenvalue weighted by atomic mass is 9.90. The maximum absolute atomic E-state index is 6.74. The SMILES string of the molecule is Nc1ncc(CCCc2cc(-c3ccc(OCC4CCCCC4)cc3Cl)nc(-c3cnccn3)n2)s1. The molecule has 9 heteroatoms.